The van der Waals surface area contributed by atoms with Crippen LogP contribution < -0.4 is 9.47 Å². The van der Waals surface area contributed by atoms with Crippen molar-refractivity contribution in [3.8, 4) is 17.6 Å². The third kappa shape index (κ3) is 2.29. The lowest BCUT2D eigenvalue weighted by Crippen LogP contribution is -1.92. The molecule has 0 bridgehead atoms. The predicted molar refractivity (Wildman–Crippen MR) is 72.5 cm³/mol. The highest BCUT2D eigenvalue weighted by Crippen LogP contribution is 2.33. The molecule has 0 radical (unpaired) electrons. The lowest BCUT2D eigenvalue weighted by atomic mass is 10.0. The van der Waals surface area contributed by atoms with Crippen LogP contribution in [0.2, 0.25) is 0 Å². The second-order valence-corrected chi connectivity index (χ2v) is 4.15. The molecule has 0 N–H and O–H groups in total. The van der Waals surface area contributed by atoms with Crippen molar-refractivity contribution in [1.82, 2.24) is 0 Å². The first-order valence-corrected chi connectivity index (χ1v) is 5.94. The maximum Gasteiger partial charge on any atom is 0.231 e. The van der Waals surface area contributed by atoms with E-state index in [9.17, 15) is 5.26 Å². The van der Waals surface area contributed by atoms with Crippen molar-refractivity contribution in [2.45, 2.75) is 0 Å². The molecule has 19 heavy (non-hydrogen) atoms. The smallest absolute Gasteiger partial charge is 0.231 e. The average Bonchev–Trinajstić information content (AvgIpc) is 2.93. The Balaban J connectivity index is 1.98. The lowest BCUT2D eigenvalue weighted by Gasteiger charge is -2.01. The fraction of sp³-hybridized carbons (Fsp3) is 0.0625. The fourth-order valence-corrected chi connectivity index (χ4v) is 1.97. The van der Waals surface area contributed by atoms with Gasteiger partial charge in [-0.05, 0) is 29.3 Å². The Labute approximate surface area is 111 Å². The van der Waals surface area contributed by atoms with Crippen LogP contribution in [-0.4, -0.2) is 6.79 Å². The first-order valence-electron chi connectivity index (χ1n) is 5.94. The van der Waals surface area contributed by atoms with E-state index in [0.717, 1.165) is 22.6 Å². The minimum Gasteiger partial charge on any atom is -0.454 e. The van der Waals surface area contributed by atoms with E-state index in [0.29, 0.717) is 5.57 Å². The number of rotatable bonds is 2. The van der Waals surface area contributed by atoms with Gasteiger partial charge in [0.1, 0.15) is 0 Å². The zero-order valence-corrected chi connectivity index (χ0v) is 10.2. The highest BCUT2D eigenvalue weighted by Gasteiger charge is 2.12. The molecule has 0 spiro atoms. The molecule has 0 fully saturated rings. The van der Waals surface area contributed by atoms with E-state index in [2.05, 4.69) is 6.07 Å². The molecule has 0 aromatic heterocycles. The molecule has 1 heterocycles. The van der Waals surface area contributed by atoms with Gasteiger partial charge < -0.3 is 9.47 Å². The van der Waals surface area contributed by atoms with Crippen LogP contribution in [0, 0.1) is 11.3 Å². The molecule has 92 valence electrons. The Kier molecular flexibility index (Phi) is 2.91. The molecule has 3 heteroatoms. The van der Waals surface area contributed by atoms with E-state index >= 15 is 0 Å². The van der Waals surface area contributed by atoms with Gasteiger partial charge in [-0.25, -0.2) is 0 Å². The molecule has 2 aromatic carbocycles. The summed E-state index contributed by atoms with van der Waals surface area (Å²) in [4.78, 5) is 0. The first kappa shape index (κ1) is 11.4. The minimum atomic E-state index is 0.256. The summed E-state index contributed by atoms with van der Waals surface area (Å²) < 4.78 is 10.6. The van der Waals surface area contributed by atoms with Gasteiger partial charge in [-0.3, -0.25) is 0 Å². The zero-order chi connectivity index (χ0) is 13.1. The number of ether oxygens (including phenoxy) is 2. The van der Waals surface area contributed by atoms with Gasteiger partial charge in [-0.15, -0.1) is 0 Å². The summed E-state index contributed by atoms with van der Waals surface area (Å²) in [6.45, 7) is 0.256. The maximum absolute atomic E-state index is 9.26. The zero-order valence-electron chi connectivity index (χ0n) is 10.2. The summed E-state index contributed by atoms with van der Waals surface area (Å²) in [5.41, 5.74) is 2.45. The largest absolute Gasteiger partial charge is 0.454 e. The number of fused-ring (bicyclic) bond motifs is 1. The topological polar surface area (TPSA) is 42.2 Å². The van der Waals surface area contributed by atoms with Gasteiger partial charge in [-0.1, -0.05) is 36.4 Å². The number of nitriles is 1. The van der Waals surface area contributed by atoms with Gasteiger partial charge in [0.2, 0.25) is 6.79 Å². The van der Waals surface area contributed by atoms with Gasteiger partial charge in [0.25, 0.3) is 0 Å². The molecule has 0 unspecified atom stereocenters. The van der Waals surface area contributed by atoms with Gasteiger partial charge in [0.05, 0.1) is 11.6 Å². The number of benzene rings is 2. The summed E-state index contributed by atoms with van der Waals surface area (Å²) in [5.74, 6) is 1.47. The molecule has 0 amide bonds. The van der Waals surface area contributed by atoms with E-state index in [1.165, 1.54) is 0 Å². The Hall–Kier alpha value is -2.73. The third-order valence-electron chi connectivity index (χ3n) is 2.91. The quantitative estimate of drug-likeness (QED) is 0.604. The van der Waals surface area contributed by atoms with E-state index in [1.807, 2.05) is 54.6 Å². The first-order chi connectivity index (χ1) is 9.36. The van der Waals surface area contributed by atoms with Crippen LogP contribution in [-0.2, 0) is 0 Å². The Bertz CT molecular complexity index is 669. The second-order valence-electron chi connectivity index (χ2n) is 4.15. The molecule has 3 nitrogen and oxygen atoms in total. The van der Waals surface area contributed by atoms with Crippen molar-refractivity contribution >= 4 is 11.6 Å². The molecular formula is C16H11NO2. The van der Waals surface area contributed by atoms with Crippen LogP contribution in [0.1, 0.15) is 11.1 Å². The lowest BCUT2D eigenvalue weighted by molar-refractivity contribution is 0.174. The Morgan fingerprint density at radius 3 is 2.63 bits per heavy atom. The van der Waals surface area contributed by atoms with Crippen LogP contribution in [0.15, 0.2) is 48.5 Å². The monoisotopic (exact) mass is 249 g/mol. The normalized spacial score (nSPS) is 13.1. The molecule has 1 aliphatic rings. The van der Waals surface area contributed by atoms with Gasteiger partial charge in [-0.2, -0.15) is 5.26 Å². The number of hydrogen-bond acceptors (Lipinski definition) is 3. The van der Waals surface area contributed by atoms with Crippen LogP contribution >= 0.6 is 0 Å². The number of allylic oxidation sites excluding steroid dienone is 1. The van der Waals surface area contributed by atoms with Crippen molar-refractivity contribution < 1.29 is 9.47 Å². The second kappa shape index (κ2) is 4.87. The maximum atomic E-state index is 9.26. The van der Waals surface area contributed by atoms with Gasteiger partial charge in [0, 0.05) is 0 Å². The molecule has 0 atom stereocenters. The SMILES string of the molecule is N#C/C(=C/c1ccc2c(c1)OCO2)c1ccccc1. The summed E-state index contributed by atoms with van der Waals surface area (Å²) in [6.07, 6.45) is 1.84. The summed E-state index contributed by atoms with van der Waals surface area (Å²) in [5, 5.41) is 9.26. The standard InChI is InChI=1S/C16H11NO2/c17-10-14(13-4-2-1-3-5-13)8-12-6-7-15-16(9-12)19-11-18-15/h1-9H,11H2/b14-8-. The summed E-state index contributed by atoms with van der Waals surface area (Å²) in [7, 11) is 0. The highest BCUT2D eigenvalue weighted by molar-refractivity contribution is 5.89. The molecule has 2 aromatic rings. The number of nitrogens with zero attached hydrogens (tertiary/aromatic N) is 1. The van der Waals surface area contributed by atoms with Crippen LogP contribution in [0.4, 0.5) is 0 Å². The summed E-state index contributed by atoms with van der Waals surface area (Å²) in [6, 6.07) is 17.5. The van der Waals surface area contributed by atoms with Crippen LogP contribution in [0.25, 0.3) is 11.6 Å². The van der Waals surface area contributed by atoms with Crippen LogP contribution in [0.3, 0.4) is 0 Å². The van der Waals surface area contributed by atoms with Crippen molar-refractivity contribution in [3.63, 3.8) is 0 Å². The minimum absolute atomic E-state index is 0.256. The molecule has 0 saturated carbocycles. The Morgan fingerprint density at radius 1 is 1.05 bits per heavy atom. The van der Waals surface area contributed by atoms with E-state index in [1.54, 1.807) is 0 Å². The molecular weight excluding hydrogens is 238 g/mol. The Morgan fingerprint density at radius 2 is 1.84 bits per heavy atom. The van der Waals surface area contributed by atoms with E-state index in [4.69, 9.17) is 9.47 Å². The number of hydrogen-bond donors (Lipinski definition) is 0. The van der Waals surface area contributed by atoms with Crippen LogP contribution in [0.5, 0.6) is 11.5 Å². The van der Waals surface area contributed by atoms with Crippen molar-refractivity contribution in [2.75, 3.05) is 6.79 Å². The average molecular weight is 249 g/mol. The van der Waals surface area contributed by atoms with Crippen molar-refractivity contribution in [1.29, 1.82) is 5.26 Å². The molecule has 1 aliphatic heterocycles. The summed E-state index contributed by atoms with van der Waals surface area (Å²) >= 11 is 0. The molecule has 3 rings (SSSR count). The van der Waals surface area contributed by atoms with E-state index < -0.39 is 0 Å². The predicted octanol–water partition coefficient (Wildman–Crippen LogP) is 3.48. The third-order valence-corrected chi connectivity index (χ3v) is 2.91. The molecule has 0 saturated heterocycles. The van der Waals surface area contributed by atoms with Gasteiger partial charge >= 0.3 is 0 Å². The fourth-order valence-electron chi connectivity index (χ4n) is 1.97. The van der Waals surface area contributed by atoms with Gasteiger partial charge in [0.15, 0.2) is 11.5 Å². The van der Waals surface area contributed by atoms with Crippen molar-refractivity contribution in [2.24, 2.45) is 0 Å². The van der Waals surface area contributed by atoms with Crippen molar-refractivity contribution in [3.05, 3.63) is 59.7 Å². The highest BCUT2D eigenvalue weighted by atomic mass is 16.7. The molecule has 0 aliphatic carbocycles. The van der Waals surface area contributed by atoms with E-state index in [-0.39, 0.29) is 6.79 Å².